The summed E-state index contributed by atoms with van der Waals surface area (Å²) in [5.74, 6) is 1.28. The van der Waals surface area contributed by atoms with Gasteiger partial charge in [-0.1, -0.05) is 23.7 Å². The number of thiazole rings is 1. The van der Waals surface area contributed by atoms with Crippen LogP contribution in [0.15, 0.2) is 41.8 Å². The number of nitrogens with one attached hydrogen (secondary N) is 1. The van der Waals surface area contributed by atoms with Crippen LogP contribution in [0.3, 0.4) is 0 Å². The number of carbonyl (C=O) groups excluding carboxylic acids is 1. The van der Waals surface area contributed by atoms with Gasteiger partial charge in [0.25, 0.3) is 0 Å². The molecule has 7 heteroatoms. The van der Waals surface area contributed by atoms with Crippen LogP contribution < -0.4 is 14.8 Å². The van der Waals surface area contributed by atoms with E-state index in [4.69, 9.17) is 21.1 Å². The molecule has 0 fully saturated rings. The van der Waals surface area contributed by atoms with Gasteiger partial charge in [0.05, 0.1) is 30.9 Å². The van der Waals surface area contributed by atoms with E-state index < -0.39 is 0 Å². The number of aromatic nitrogens is 1. The molecule has 0 saturated carbocycles. The number of anilines is 1. The first kappa shape index (κ1) is 20.2. The van der Waals surface area contributed by atoms with Crippen molar-refractivity contribution in [2.75, 3.05) is 19.0 Å². The van der Waals surface area contributed by atoms with Crippen molar-refractivity contribution in [2.45, 2.75) is 20.3 Å². The Morgan fingerprint density at radius 2 is 2.00 bits per heavy atom. The highest BCUT2D eigenvalue weighted by atomic mass is 35.5. The quantitative estimate of drug-likeness (QED) is 0.552. The van der Waals surface area contributed by atoms with Crippen molar-refractivity contribution in [1.82, 2.24) is 4.98 Å². The predicted molar refractivity (Wildman–Crippen MR) is 114 cm³/mol. The summed E-state index contributed by atoms with van der Waals surface area (Å²) in [6.45, 7) is 4.30. The van der Waals surface area contributed by atoms with Crippen LogP contribution in [0.2, 0.25) is 5.02 Å². The van der Waals surface area contributed by atoms with Gasteiger partial charge in [0.1, 0.15) is 11.5 Å². The van der Waals surface area contributed by atoms with Crippen LogP contribution in [-0.4, -0.2) is 24.6 Å². The third-order valence-corrected chi connectivity index (χ3v) is 5.18. The largest absolute Gasteiger partial charge is 0.495 e. The zero-order chi connectivity index (χ0) is 20.1. The Bertz CT molecular complexity index is 988. The fourth-order valence-electron chi connectivity index (χ4n) is 2.59. The van der Waals surface area contributed by atoms with E-state index in [1.165, 1.54) is 11.3 Å². The molecule has 0 radical (unpaired) electrons. The maximum absolute atomic E-state index is 12.2. The summed E-state index contributed by atoms with van der Waals surface area (Å²) in [6, 6.07) is 11.5. The van der Waals surface area contributed by atoms with Crippen molar-refractivity contribution in [3.63, 3.8) is 0 Å². The molecule has 0 unspecified atom stereocenters. The standard InChI is InChI=1S/C21H21ClN2O3S/c1-13-4-5-14(2)19(10-13)27-9-8-20(25)24-21-23-17(12-28-21)15-6-7-18(26-3)16(22)11-15/h4-7,10-12H,8-9H2,1-3H3,(H,23,24,25). The molecule has 0 bridgehead atoms. The van der Waals surface area contributed by atoms with Crippen LogP contribution in [0.1, 0.15) is 17.5 Å². The second-order valence-corrected chi connectivity index (χ2v) is 7.57. The van der Waals surface area contributed by atoms with E-state index in [9.17, 15) is 4.79 Å². The Labute approximate surface area is 173 Å². The van der Waals surface area contributed by atoms with Gasteiger partial charge in [0.15, 0.2) is 5.13 Å². The van der Waals surface area contributed by atoms with Gasteiger partial charge in [-0.2, -0.15) is 0 Å². The molecule has 5 nitrogen and oxygen atoms in total. The maximum Gasteiger partial charge on any atom is 0.229 e. The number of aryl methyl sites for hydroxylation is 2. The third-order valence-electron chi connectivity index (χ3n) is 4.13. The summed E-state index contributed by atoms with van der Waals surface area (Å²) in [5, 5.41) is 5.74. The Morgan fingerprint density at radius 1 is 1.18 bits per heavy atom. The Balaban J connectivity index is 1.55. The number of amides is 1. The summed E-state index contributed by atoms with van der Waals surface area (Å²) >= 11 is 7.53. The topological polar surface area (TPSA) is 60.5 Å². The van der Waals surface area contributed by atoms with E-state index in [1.54, 1.807) is 19.2 Å². The normalized spacial score (nSPS) is 10.6. The minimum Gasteiger partial charge on any atom is -0.495 e. The summed E-state index contributed by atoms with van der Waals surface area (Å²) in [7, 11) is 1.57. The minimum absolute atomic E-state index is 0.140. The first-order valence-electron chi connectivity index (χ1n) is 8.75. The summed E-state index contributed by atoms with van der Waals surface area (Å²) in [4.78, 5) is 16.6. The van der Waals surface area contributed by atoms with Gasteiger partial charge in [0.2, 0.25) is 5.91 Å². The molecule has 3 rings (SSSR count). The number of hydrogen-bond donors (Lipinski definition) is 1. The van der Waals surface area contributed by atoms with Crippen molar-refractivity contribution >= 4 is 34.0 Å². The van der Waals surface area contributed by atoms with Gasteiger partial charge in [-0.25, -0.2) is 4.98 Å². The van der Waals surface area contributed by atoms with Crippen molar-refractivity contribution < 1.29 is 14.3 Å². The van der Waals surface area contributed by atoms with E-state index >= 15 is 0 Å². The lowest BCUT2D eigenvalue weighted by atomic mass is 10.1. The molecule has 0 atom stereocenters. The zero-order valence-corrected chi connectivity index (χ0v) is 17.5. The molecule has 0 saturated heterocycles. The van der Waals surface area contributed by atoms with E-state index in [-0.39, 0.29) is 12.3 Å². The Hall–Kier alpha value is -2.57. The lowest BCUT2D eigenvalue weighted by Crippen LogP contribution is -2.15. The molecule has 1 aromatic heterocycles. The predicted octanol–water partition coefficient (Wildman–Crippen LogP) is 5.50. The number of carbonyl (C=O) groups is 1. The van der Waals surface area contributed by atoms with E-state index in [0.29, 0.717) is 22.5 Å². The van der Waals surface area contributed by atoms with Crippen LogP contribution in [0, 0.1) is 13.8 Å². The van der Waals surface area contributed by atoms with E-state index in [0.717, 1.165) is 28.1 Å². The average Bonchev–Trinajstić information content (AvgIpc) is 3.13. The number of ether oxygens (including phenoxy) is 2. The number of rotatable bonds is 7. The smallest absolute Gasteiger partial charge is 0.229 e. The molecular formula is C21H21ClN2O3S. The highest BCUT2D eigenvalue weighted by Gasteiger charge is 2.10. The van der Waals surface area contributed by atoms with Gasteiger partial charge in [-0.05, 0) is 49.2 Å². The fraction of sp³-hybridized carbons (Fsp3) is 0.238. The molecule has 1 heterocycles. The zero-order valence-electron chi connectivity index (χ0n) is 15.9. The van der Waals surface area contributed by atoms with Crippen molar-refractivity contribution in [2.24, 2.45) is 0 Å². The van der Waals surface area contributed by atoms with Gasteiger partial charge >= 0.3 is 0 Å². The van der Waals surface area contributed by atoms with E-state index in [1.807, 2.05) is 43.5 Å². The molecule has 0 aliphatic carbocycles. The van der Waals surface area contributed by atoms with Gasteiger partial charge in [-0.3, -0.25) is 4.79 Å². The molecule has 1 N–H and O–H groups in total. The van der Waals surface area contributed by atoms with Crippen LogP contribution in [0.4, 0.5) is 5.13 Å². The third kappa shape index (κ3) is 5.03. The number of halogens is 1. The SMILES string of the molecule is COc1ccc(-c2csc(NC(=O)CCOc3cc(C)ccc3C)n2)cc1Cl. The molecule has 0 aliphatic heterocycles. The molecule has 2 aromatic carbocycles. The lowest BCUT2D eigenvalue weighted by Gasteiger charge is -2.09. The summed E-state index contributed by atoms with van der Waals surface area (Å²) in [5.41, 5.74) is 3.78. The average molecular weight is 417 g/mol. The van der Waals surface area contributed by atoms with Gasteiger partial charge < -0.3 is 14.8 Å². The van der Waals surface area contributed by atoms with Crippen LogP contribution in [0.5, 0.6) is 11.5 Å². The molecule has 1 amide bonds. The molecule has 146 valence electrons. The van der Waals surface area contributed by atoms with Crippen molar-refractivity contribution in [3.8, 4) is 22.8 Å². The fourth-order valence-corrected chi connectivity index (χ4v) is 3.58. The molecule has 28 heavy (non-hydrogen) atoms. The number of methoxy groups -OCH3 is 1. The number of nitrogens with zero attached hydrogens (tertiary/aromatic N) is 1. The maximum atomic E-state index is 12.2. The van der Waals surface area contributed by atoms with Crippen LogP contribution in [-0.2, 0) is 4.79 Å². The molecule has 0 spiro atoms. The first-order chi connectivity index (χ1) is 13.5. The minimum atomic E-state index is -0.140. The first-order valence-corrected chi connectivity index (χ1v) is 10.0. The molecule has 0 aliphatic rings. The second kappa shape index (κ2) is 9.08. The number of hydrogen-bond acceptors (Lipinski definition) is 5. The molecular weight excluding hydrogens is 396 g/mol. The lowest BCUT2D eigenvalue weighted by molar-refractivity contribution is -0.116. The molecule has 3 aromatic rings. The number of benzene rings is 2. The highest BCUT2D eigenvalue weighted by Crippen LogP contribution is 2.31. The summed E-state index contributed by atoms with van der Waals surface area (Å²) < 4.78 is 10.9. The van der Waals surface area contributed by atoms with Crippen molar-refractivity contribution in [3.05, 3.63) is 57.9 Å². The highest BCUT2D eigenvalue weighted by molar-refractivity contribution is 7.14. The summed E-state index contributed by atoms with van der Waals surface area (Å²) in [6.07, 6.45) is 0.247. The van der Waals surface area contributed by atoms with E-state index in [2.05, 4.69) is 10.3 Å². The Morgan fingerprint density at radius 3 is 2.75 bits per heavy atom. The van der Waals surface area contributed by atoms with Crippen LogP contribution >= 0.6 is 22.9 Å². The van der Waals surface area contributed by atoms with Crippen molar-refractivity contribution in [1.29, 1.82) is 0 Å². The van der Waals surface area contributed by atoms with Gasteiger partial charge in [0, 0.05) is 10.9 Å². The van der Waals surface area contributed by atoms with Gasteiger partial charge in [-0.15, -0.1) is 11.3 Å². The monoisotopic (exact) mass is 416 g/mol. The second-order valence-electron chi connectivity index (χ2n) is 6.30. The Kier molecular flexibility index (Phi) is 6.54. The van der Waals surface area contributed by atoms with Crippen LogP contribution in [0.25, 0.3) is 11.3 Å².